The van der Waals surface area contributed by atoms with Gasteiger partial charge in [-0.05, 0) is 30.7 Å². The van der Waals surface area contributed by atoms with Crippen molar-refractivity contribution in [2.24, 2.45) is 11.3 Å². The van der Waals surface area contributed by atoms with Crippen LogP contribution in [0.1, 0.15) is 12.8 Å². The van der Waals surface area contributed by atoms with E-state index in [-0.39, 0.29) is 0 Å². The third-order valence-electron chi connectivity index (χ3n) is 6.50. The van der Waals surface area contributed by atoms with Gasteiger partial charge in [0, 0.05) is 12.3 Å². The monoisotopic (exact) mass is 628 g/mol. The van der Waals surface area contributed by atoms with Crippen LogP contribution in [0.25, 0.3) is 0 Å². The van der Waals surface area contributed by atoms with Gasteiger partial charge in [-0.1, -0.05) is 42.5 Å². The maximum Gasteiger partial charge on any atom is 0.422 e. The van der Waals surface area contributed by atoms with Gasteiger partial charge in [-0.3, -0.25) is 9.59 Å². The predicted octanol–water partition coefficient (Wildman–Crippen LogP) is 4.42. The van der Waals surface area contributed by atoms with Gasteiger partial charge in [0.2, 0.25) is 0 Å². The van der Waals surface area contributed by atoms with Gasteiger partial charge in [0.1, 0.15) is 0 Å². The van der Waals surface area contributed by atoms with Crippen molar-refractivity contribution in [3.63, 3.8) is 0 Å². The molecule has 8 nitrogen and oxygen atoms in total. The van der Waals surface area contributed by atoms with Gasteiger partial charge in [-0.2, -0.15) is 26.3 Å². The fraction of sp³-hybridized carbons (Fsp3) is 0.360. The number of sulfone groups is 2. The van der Waals surface area contributed by atoms with E-state index in [9.17, 15) is 52.8 Å². The summed E-state index contributed by atoms with van der Waals surface area (Å²) in [5.41, 5.74) is -3.22. The van der Waals surface area contributed by atoms with E-state index in [2.05, 4.69) is 16.1 Å². The topological polar surface area (TPSA) is 121 Å². The smallest absolute Gasteiger partial charge is 0.422 e. The highest BCUT2D eigenvalue weighted by molar-refractivity contribution is 8.10. The third-order valence-corrected chi connectivity index (χ3v) is 12.3. The SMILES string of the molecule is C=C[C@@H]1CC(C(=O)OCC(F)(F)F)(C(=O)OCC(F)(F)F)CC1(S(=O)(=O)c1ccccc1)S(=O)(=O)c1ccccc1. The van der Waals surface area contributed by atoms with Crippen LogP contribution >= 0.6 is 0 Å². The molecule has 0 spiro atoms. The number of alkyl halides is 6. The Morgan fingerprint density at radius 2 is 1.15 bits per heavy atom. The Morgan fingerprint density at radius 1 is 0.780 bits per heavy atom. The van der Waals surface area contributed by atoms with Crippen molar-refractivity contribution in [2.75, 3.05) is 13.2 Å². The molecule has 0 bridgehead atoms. The lowest BCUT2D eigenvalue weighted by molar-refractivity contribution is -0.206. The summed E-state index contributed by atoms with van der Waals surface area (Å²) >= 11 is 0. The molecule has 0 N–H and O–H groups in total. The van der Waals surface area contributed by atoms with Crippen molar-refractivity contribution in [1.29, 1.82) is 0 Å². The molecular formula is C25H22F6O8S2. The molecule has 0 saturated heterocycles. The number of esters is 2. The zero-order valence-electron chi connectivity index (χ0n) is 20.8. The molecule has 1 atom stereocenters. The molecule has 1 saturated carbocycles. The van der Waals surface area contributed by atoms with E-state index >= 15 is 0 Å². The molecule has 1 aliphatic carbocycles. The zero-order chi connectivity index (χ0) is 30.9. The summed E-state index contributed by atoms with van der Waals surface area (Å²) in [7, 11) is -10.4. The van der Waals surface area contributed by atoms with Gasteiger partial charge in [0.15, 0.2) is 42.4 Å². The number of carbonyl (C=O) groups is 2. The lowest BCUT2D eigenvalue weighted by Crippen LogP contribution is -2.51. The highest BCUT2D eigenvalue weighted by atomic mass is 32.3. The first kappa shape index (κ1) is 32.1. The molecular weight excluding hydrogens is 606 g/mol. The summed E-state index contributed by atoms with van der Waals surface area (Å²) in [4.78, 5) is 25.0. The van der Waals surface area contributed by atoms with Crippen LogP contribution < -0.4 is 0 Å². The van der Waals surface area contributed by atoms with Crippen LogP contribution in [-0.4, -0.2) is 58.4 Å². The summed E-state index contributed by atoms with van der Waals surface area (Å²) in [6.45, 7) is -1.19. The molecule has 41 heavy (non-hydrogen) atoms. The number of allylic oxidation sites excluding steroid dienone is 1. The minimum Gasteiger partial charge on any atom is -0.455 e. The van der Waals surface area contributed by atoms with Crippen LogP contribution in [0.2, 0.25) is 0 Å². The number of halogens is 6. The first-order valence-electron chi connectivity index (χ1n) is 11.5. The van der Waals surface area contributed by atoms with Crippen molar-refractivity contribution in [2.45, 2.75) is 39.1 Å². The number of rotatable bonds is 9. The summed E-state index contributed by atoms with van der Waals surface area (Å²) < 4.78 is 139. The lowest BCUT2D eigenvalue weighted by atomic mass is 9.85. The van der Waals surface area contributed by atoms with E-state index in [0.29, 0.717) is 0 Å². The molecule has 16 heteroatoms. The predicted molar refractivity (Wildman–Crippen MR) is 129 cm³/mol. The van der Waals surface area contributed by atoms with E-state index in [0.717, 1.165) is 30.3 Å². The Morgan fingerprint density at radius 3 is 1.46 bits per heavy atom. The summed E-state index contributed by atoms with van der Waals surface area (Å²) in [6, 6.07) is 11.7. The lowest BCUT2D eigenvalue weighted by Gasteiger charge is -2.34. The molecule has 0 amide bonds. The molecule has 224 valence electrons. The largest absolute Gasteiger partial charge is 0.455 e. The number of carbonyl (C=O) groups excluding carboxylic acids is 2. The Kier molecular flexibility index (Phi) is 8.71. The van der Waals surface area contributed by atoms with E-state index in [4.69, 9.17) is 0 Å². The quantitative estimate of drug-likeness (QED) is 0.173. The van der Waals surface area contributed by atoms with Crippen LogP contribution in [0.4, 0.5) is 26.3 Å². The van der Waals surface area contributed by atoms with Crippen LogP contribution in [0.15, 0.2) is 83.1 Å². The normalized spacial score (nSPS) is 18.8. The molecule has 0 aliphatic heterocycles. The molecule has 0 aromatic heterocycles. The summed E-state index contributed by atoms with van der Waals surface area (Å²) in [6.07, 6.45) is -12.4. The summed E-state index contributed by atoms with van der Waals surface area (Å²) in [5.74, 6) is -6.14. The van der Waals surface area contributed by atoms with Crippen molar-refractivity contribution in [1.82, 2.24) is 0 Å². The molecule has 1 fully saturated rings. The van der Waals surface area contributed by atoms with Crippen LogP contribution in [0.5, 0.6) is 0 Å². The minimum absolute atomic E-state index is 0.616. The van der Waals surface area contributed by atoms with Gasteiger partial charge in [-0.15, -0.1) is 6.58 Å². The zero-order valence-corrected chi connectivity index (χ0v) is 22.4. The van der Waals surface area contributed by atoms with Crippen molar-refractivity contribution in [3.8, 4) is 0 Å². The first-order valence-corrected chi connectivity index (χ1v) is 14.5. The fourth-order valence-corrected chi connectivity index (χ4v) is 10.3. The average molecular weight is 629 g/mol. The van der Waals surface area contributed by atoms with Crippen molar-refractivity contribution < 1.29 is 62.2 Å². The third kappa shape index (κ3) is 5.98. The van der Waals surface area contributed by atoms with Gasteiger partial charge in [0.05, 0.1) is 9.79 Å². The van der Waals surface area contributed by atoms with E-state index < -0.39 is 95.2 Å². The summed E-state index contributed by atoms with van der Waals surface area (Å²) in [5, 5.41) is 0. The average Bonchev–Trinajstić information content (AvgIpc) is 3.30. The molecule has 0 unspecified atom stereocenters. The van der Waals surface area contributed by atoms with Gasteiger partial charge in [-0.25, -0.2) is 16.8 Å². The highest BCUT2D eigenvalue weighted by Gasteiger charge is 2.73. The Labute approximate surface area is 230 Å². The minimum atomic E-state index is -5.21. The van der Waals surface area contributed by atoms with Crippen molar-refractivity contribution in [3.05, 3.63) is 73.3 Å². The number of benzene rings is 2. The maximum absolute atomic E-state index is 14.2. The number of hydrogen-bond donors (Lipinski definition) is 0. The molecule has 3 rings (SSSR count). The van der Waals surface area contributed by atoms with E-state index in [1.54, 1.807) is 0 Å². The second-order valence-corrected chi connectivity index (χ2v) is 13.8. The van der Waals surface area contributed by atoms with Gasteiger partial charge in [0.25, 0.3) is 0 Å². The molecule has 0 radical (unpaired) electrons. The van der Waals surface area contributed by atoms with Gasteiger partial charge < -0.3 is 9.47 Å². The number of ether oxygens (including phenoxy) is 2. The van der Waals surface area contributed by atoms with Crippen LogP contribution in [0.3, 0.4) is 0 Å². The second-order valence-electron chi connectivity index (χ2n) is 9.13. The van der Waals surface area contributed by atoms with Crippen LogP contribution in [-0.2, 0) is 38.7 Å². The van der Waals surface area contributed by atoms with Gasteiger partial charge >= 0.3 is 24.3 Å². The maximum atomic E-state index is 14.2. The van der Waals surface area contributed by atoms with Crippen molar-refractivity contribution >= 4 is 31.6 Å². The molecule has 2 aromatic rings. The Balaban J connectivity index is 2.36. The molecule has 0 heterocycles. The standard InChI is InChI=1S/C25H22F6O8S2/c1-2-17-13-22(20(32)38-15-24(26,27)28,21(33)39-16-25(29,30)31)14-23(17,40(34,35)18-9-5-3-6-10-18)41(36,37)19-11-7-4-8-12-19/h2-12,17H,1,13-16H2/t17-/m1/s1. The Bertz CT molecular complexity index is 1400. The number of hydrogen-bond acceptors (Lipinski definition) is 8. The van der Waals surface area contributed by atoms with Crippen LogP contribution in [0, 0.1) is 11.3 Å². The highest BCUT2D eigenvalue weighted by Crippen LogP contribution is 2.59. The first-order chi connectivity index (χ1) is 18.8. The van der Waals surface area contributed by atoms with E-state index in [1.165, 1.54) is 36.4 Å². The molecule has 2 aromatic carbocycles. The molecule has 1 aliphatic rings. The Hall–Kier alpha value is -3.40. The van der Waals surface area contributed by atoms with E-state index in [1.807, 2.05) is 0 Å². The second kappa shape index (κ2) is 11.1. The fourth-order valence-electron chi connectivity index (χ4n) is 4.71.